The Hall–Kier alpha value is -1.52. The summed E-state index contributed by atoms with van der Waals surface area (Å²) in [4.78, 5) is 13.5. The number of aromatic carboxylic acids is 1. The van der Waals surface area contributed by atoms with Gasteiger partial charge < -0.3 is 10.4 Å². The fourth-order valence-corrected chi connectivity index (χ4v) is 2.61. The lowest BCUT2D eigenvalue weighted by Gasteiger charge is -2.08. The predicted octanol–water partition coefficient (Wildman–Crippen LogP) is 4.02. The molecule has 3 nitrogen and oxygen atoms in total. The number of aryl methyl sites for hydroxylation is 1. The first kappa shape index (κ1) is 12.9. The molecule has 94 valence electrons. The normalized spacial score (nSPS) is 10.3. The lowest BCUT2D eigenvalue weighted by Crippen LogP contribution is -2.05. The molecule has 0 radical (unpaired) electrons. The number of hydrogen-bond donors (Lipinski definition) is 2. The van der Waals surface area contributed by atoms with Gasteiger partial charge in [0.25, 0.3) is 0 Å². The fourth-order valence-electron chi connectivity index (χ4n) is 1.61. The number of nitrogens with one attached hydrogen (secondary N) is 1. The summed E-state index contributed by atoms with van der Waals surface area (Å²) >= 11 is 7.48. The van der Waals surface area contributed by atoms with Crippen molar-refractivity contribution >= 4 is 34.6 Å². The van der Waals surface area contributed by atoms with Crippen molar-refractivity contribution in [1.29, 1.82) is 0 Å². The summed E-state index contributed by atoms with van der Waals surface area (Å²) in [6, 6.07) is 8.89. The Labute approximate surface area is 114 Å². The summed E-state index contributed by atoms with van der Waals surface area (Å²) in [5.74, 6) is -0.984. The number of carboxylic acids is 1. The van der Waals surface area contributed by atoms with E-state index in [0.29, 0.717) is 17.3 Å². The number of anilines is 1. The number of rotatable bonds is 4. The van der Waals surface area contributed by atoms with Gasteiger partial charge in [-0.05, 0) is 37.3 Å². The second-order valence-corrected chi connectivity index (χ2v) is 5.67. The fraction of sp³-hybridized carbons (Fsp3) is 0.154. The van der Waals surface area contributed by atoms with E-state index in [0.717, 1.165) is 0 Å². The first-order valence-corrected chi connectivity index (χ1v) is 6.58. The van der Waals surface area contributed by atoms with Crippen molar-refractivity contribution in [1.82, 2.24) is 0 Å². The van der Waals surface area contributed by atoms with E-state index < -0.39 is 5.97 Å². The third kappa shape index (κ3) is 3.03. The van der Waals surface area contributed by atoms with Gasteiger partial charge in [0, 0.05) is 27.0 Å². The number of thiophene rings is 1. The maximum absolute atomic E-state index is 11.1. The molecule has 0 amide bonds. The monoisotopic (exact) mass is 281 g/mol. The topological polar surface area (TPSA) is 49.3 Å². The Morgan fingerprint density at radius 2 is 2.17 bits per heavy atom. The van der Waals surface area contributed by atoms with Gasteiger partial charge in [-0.15, -0.1) is 11.3 Å². The molecule has 1 heterocycles. The molecule has 18 heavy (non-hydrogen) atoms. The average Bonchev–Trinajstić information content (AvgIpc) is 2.73. The highest BCUT2D eigenvalue weighted by atomic mass is 35.5. The molecule has 0 aliphatic carbocycles. The van der Waals surface area contributed by atoms with Crippen LogP contribution in [0.5, 0.6) is 0 Å². The molecule has 0 saturated carbocycles. The van der Waals surface area contributed by atoms with Gasteiger partial charge in [-0.3, -0.25) is 0 Å². The van der Waals surface area contributed by atoms with Crippen LogP contribution >= 0.6 is 22.9 Å². The van der Waals surface area contributed by atoms with E-state index in [9.17, 15) is 4.79 Å². The highest BCUT2D eigenvalue weighted by molar-refractivity contribution is 7.11. The summed E-state index contributed by atoms with van der Waals surface area (Å²) < 4.78 is 0. The smallest absolute Gasteiger partial charge is 0.337 e. The molecule has 5 heteroatoms. The van der Waals surface area contributed by atoms with Crippen LogP contribution in [0.25, 0.3) is 0 Å². The third-order valence-electron chi connectivity index (χ3n) is 2.46. The zero-order valence-electron chi connectivity index (χ0n) is 9.74. The Morgan fingerprint density at radius 1 is 1.39 bits per heavy atom. The standard InChI is InChI=1S/C13H12ClNO2S/c1-8-2-4-10(18-8)7-15-12-5-3-9(14)6-11(12)13(16)17/h2-6,15H,7H2,1H3,(H,16,17). The van der Waals surface area contributed by atoms with Crippen molar-refractivity contribution < 1.29 is 9.90 Å². The molecule has 0 bridgehead atoms. The van der Waals surface area contributed by atoms with Crippen LogP contribution < -0.4 is 5.32 Å². The van der Waals surface area contributed by atoms with Gasteiger partial charge >= 0.3 is 5.97 Å². The molecular formula is C13H12ClNO2S. The Morgan fingerprint density at radius 3 is 2.78 bits per heavy atom. The van der Waals surface area contributed by atoms with E-state index in [-0.39, 0.29) is 5.56 Å². The van der Waals surface area contributed by atoms with E-state index in [4.69, 9.17) is 16.7 Å². The summed E-state index contributed by atoms with van der Waals surface area (Å²) in [7, 11) is 0. The third-order valence-corrected chi connectivity index (χ3v) is 3.70. The number of benzene rings is 1. The highest BCUT2D eigenvalue weighted by Crippen LogP contribution is 2.22. The minimum absolute atomic E-state index is 0.191. The summed E-state index contributed by atoms with van der Waals surface area (Å²) in [6.07, 6.45) is 0. The number of carboxylic acid groups (broad SMARTS) is 1. The molecule has 1 aromatic carbocycles. The second kappa shape index (κ2) is 5.42. The molecule has 0 aliphatic rings. The van der Waals surface area contributed by atoms with E-state index >= 15 is 0 Å². The van der Waals surface area contributed by atoms with Crippen LogP contribution in [-0.4, -0.2) is 11.1 Å². The molecule has 0 saturated heterocycles. The van der Waals surface area contributed by atoms with Crippen LogP contribution in [0.1, 0.15) is 20.1 Å². The predicted molar refractivity (Wildman–Crippen MR) is 74.8 cm³/mol. The van der Waals surface area contributed by atoms with Crippen molar-refractivity contribution in [3.8, 4) is 0 Å². The highest BCUT2D eigenvalue weighted by Gasteiger charge is 2.10. The number of halogens is 1. The van der Waals surface area contributed by atoms with E-state index in [1.54, 1.807) is 23.5 Å². The van der Waals surface area contributed by atoms with Crippen LogP contribution in [0.15, 0.2) is 30.3 Å². The van der Waals surface area contributed by atoms with Gasteiger partial charge in [0.2, 0.25) is 0 Å². The molecule has 0 spiro atoms. The summed E-state index contributed by atoms with van der Waals surface area (Å²) in [5, 5.41) is 12.6. The Balaban J connectivity index is 2.16. The van der Waals surface area contributed by atoms with Crippen LogP contribution in [0.4, 0.5) is 5.69 Å². The zero-order chi connectivity index (χ0) is 13.1. The van der Waals surface area contributed by atoms with Crippen molar-refractivity contribution in [3.63, 3.8) is 0 Å². The van der Waals surface area contributed by atoms with E-state index in [1.807, 2.05) is 19.1 Å². The van der Waals surface area contributed by atoms with Crippen molar-refractivity contribution in [2.24, 2.45) is 0 Å². The van der Waals surface area contributed by atoms with Gasteiger partial charge in [0.15, 0.2) is 0 Å². The molecular weight excluding hydrogens is 270 g/mol. The lowest BCUT2D eigenvalue weighted by atomic mass is 10.2. The molecule has 2 aromatic rings. The minimum atomic E-state index is -0.984. The first-order chi connectivity index (χ1) is 8.56. The lowest BCUT2D eigenvalue weighted by molar-refractivity contribution is 0.0698. The molecule has 2 rings (SSSR count). The number of hydrogen-bond acceptors (Lipinski definition) is 3. The van der Waals surface area contributed by atoms with E-state index in [1.165, 1.54) is 15.8 Å². The van der Waals surface area contributed by atoms with Gasteiger partial charge in [-0.2, -0.15) is 0 Å². The largest absolute Gasteiger partial charge is 0.478 e. The zero-order valence-corrected chi connectivity index (χ0v) is 11.3. The van der Waals surface area contributed by atoms with E-state index in [2.05, 4.69) is 5.32 Å². The second-order valence-electron chi connectivity index (χ2n) is 3.86. The molecule has 0 atom stereocenters. The summed E-state index contributed by atoms with van der Waals surface area (Å²) in [6.45, 7) is 2.65. The van der Waals surface area contributed by atoms with Crippen LogP contribution in [0.2, 0.25) is 5.02 Å². The quantitative estimate of drug-likeness (QED) is 0.890. The average molecular weight is 282 g/mol. The van der Waals surface area contributed by atoms with Gasteiger partial charge in [-0.1, -0.05) is 11.6 Å². The maximum atomic E-state index is 11.1. The van der Waals surface area contributed by atoms with Crippen molar-refractivity contribution in [3.05, 3.63) is 50.7 Å². The van der Waals surface area contributed by atoms with Gasteiger partial charge in [0.1, 0.15) is 0 Å². The minimum Gasteiger partial charge on any atom is -0.478 e. The molecule has 0 aliphatic heterocycles. The molecule has 0 unspecified atom stereocenters. The van der Waals surface area contributed by atoms with Crippen LogP contribution in [0.3, 0.4) is 0 Å². The first-order valence-electron chi connectivity index (χ1n) is 5.38. The molecule has 2 N–H and O–H groups in total. The molecule has 1 aromatic heterocycles. The van der Waals surface area contributed by atoms with Gasteiger partial charge in [-0.25, -0.2) is 4.79 Å². The van der Waals surface area contributed by atoms with Crippen LogP contribution in [0, 0.1) is 6.92 Å². The van der Waals surface area contributed by atoms with Gasteiger partial charge in [0.05, 0.1) is 5.56 Å². The summed E-state index contributed by atoms with van der Waals surface area (Å²) in [5.41, 5.74) is 0.772. The maximum Gasteiger partial charge on any atom is 0.337 e. The Kier molecular flexibility index (Phi) is 3.89. The number of carbonyl (C=O) groups is 1. The van der Waals surface area contributed by atoms with Crippen LogP contribution in [-0.2, 0) is 6.54 Å². The Bertz CT molecular complexity index is 580. The molecule has 0 fully saturated rings. The van der Waals surface area contributed by atoms with Crippen molar-refractivity contribution in [2.75, 3.05) is 5.32 Å². The SMILES string of the molecule is Cc1ccc(CNc2ccc(Cl)cc2C(=O)O)s1. The van der Waals surface area contributed by atoms with Crippen molar-refractivity contribution in [2.45, 2.75) is 13.5 Å².